The maximum Gasteiger partial charge on any atom is 0.121 e. The number of hydrogen-bond acceptors (Lipinski definition) is 2. The van der Waals surface area contributed by atoms with Crippen LogP contribution in [0.25, 0.3) is 0 Å². The van der Waals surface area contributed by atoms with Crippen molar-refractivity contribution in [3.05, 3.63) is 108 Å². The highest BCUT2D eigenvalue weighted by Crippen LogP contribution is 2.57. The van der Waals surface area contributed by atoms with Gasteiger partial charge in [0, 0.05) is 24.7 Å². The van der Waals surface area contributed by atoms with Gasteiger partial charge in [-0.3, -0.25) is 0 Å². The van der Waals surface area contributed by atoms with Gasteiger partial charge in [0.1, 0.15) is 12.1 Å². The molecule has 33 heavy (non-hydrogen) atoms. The Morgan fingerprint density at radius 2 is 1.18 bits per heavy atom. The first-order valence-corrected chi connectivity index (χ1v) is 12.0. The van der Waals surface area contributed by atoms with Gasteiger partial charge in [0.25, 0.3) is 0 Å². The summed E-state index contributed by atoms with van der Waals surface area (Å²) in [5.74, 6) is 0. The molecule has 3 aliphatic rings. The van der Waals surface area contributed by atoms with Crippen molar-refractivity contribution in [2.45, 2.75) is 31.5 Å². The normalized spacial score (nSPS) is 24.3. The molecule has 3 aromatic carbocycles. The minimum Gasteiger partial charge on any atom is -0.380 e. The summed E-state index contributed by atoms with van der Waals surface area (Å²) in [6.45, 7) is 5.91. The lowest BCUT2D eigenvalue weighted by molar-refractivity contribution is -0.946. The maximum atomic E-state index is 12.4. The SMILES string of the molecule is Br.OC(c1ccccc1)(c1ccccc1)C12CC[N+](CCOCc3ccccc3)(CC1)CC2. The van der Waals surface area contributed by atoms with Crippen molar-refractivity contribution in [1.82, 2.24) is 0 Å². The van der Waals surface area contributed by atoms with E-state index in [0.29, 0.717) is 6.61 Å². The molecule has 174 valence electrons. The van der Waals surface area contributed by atoms with E-state index in [1.54, 1.807) is 0 Å². The predicted octanol–water partition coefficient (Wildman–Crippen LogP) is 5.72. The highest BCUT2D eigenvalue weighted by Gasteiger charge is 2.60. The molecule has 0 atom stereocenters. The lowest BCUT2D eigenvalue weighted by Gasteiger charge is -2.60. The van der Waals surface area contributed by atoms with Gasteiger partial charge in [0.15, 0.2) is 0 Å². The van der Waals surface area contributed by atoms with Crippen LogP contribution < -0.4 is 0 Å². The molecule has 0 spiro atoms. The largest absolute Gasteiger partial charge is 0.380 e. The van der Waals surface area contributed by atoms with Gasteiger partial charge >= 0.3 is 0 Å². The molecule has 0 amide bonds. The fourth-order valence-corrected chi connectivity index (χ4v) is 6.10. The average Bonchev–Trinajstić information content (AvgIpc) is 2.89. The van der Waals surface area contributed by atoms with Crippen LogP contribution in [-0.4, -0.2) is 42.4 Å². The molecule has 3 nitrogen and oxygen atoms in total. The summed E-state index contributed by atoms with van der Waals surface area (Å²) >= 11 is 0. The molecule has 3 aromatic rings. The van der Waals surface area contributed by atoms with Gasteiger partial charge in [-0.05, 0) is 16.7 Å². The van der Waals surface area contributed by atoms with Crippen molar-refractivity contribution in [3.63, 3.8) is 0 Å². The Kier molecular flexibility index (Phi) is 7.40. The molecule has 6 rings (SSSR count). The first kappa shape index (κ1) is 24.2. The van der Waals surface area contributed by atoms with Crippen molar-refractivity contribution in [1.29, 1.82) is 0 Å². The summed E-state index contributed by atoms with van der Waals surface area (Å²) < 4.78 is 7.17. The van der Waals surface area contributed by atoms with Crippen LogP contribution in [-0.2, 0) is 16.9 Å². The van der Waals surface area contributed by atoms with E-state index in [4.69, 9.17) is 4.74 Å². The van der Waals surface area contributed by atoms with Crippen LogP contribution in [0.2, 0.25) is 0 Å². The van der Waals surface area contributed by atoms with Crippen LogP contribution in [0.5, 0.6) is 0 Å². The van der Waals surface area contributed by atoms with Crippen LogP contribution in [0.4, 0.5) is 0 Å². The number of rotatable bonds is 8. The second-order valence-electron chi connectivity index (χ2n) is 9.75. The quantitative estimate of drug-likeness (QED) is 0.311. The van der Waals surface area contributed by atoms with E-state index in [1.165, 1.54) is 5.56 Å². The molecular formula is C29H35BrNO2+. The van der Waals surface area contributed by atoms with Crippen molar-refractivity contribution >= 4 is 17.0 Å². The molecule has 0 aliphatic carbocycles. The van der Waals surface area contributed by atoms with E-state index >= 15 is 0 Å². The Hall–Kier alpha value is -1.98. The number of piperidine rings is 3. The van der Waals surface area contributed by atoms with E-state index in [9.17, 15) is 5.11 Å². The van der Waals surface area contributed by atoms with Gasteiger partial charge in [-0.25, -0.2) is 0 Å². The maximum absolute atomic E-state index is 12.4. The summed E-state index contributed by atoms with van der Waals surface area (Å²) in [5, 5.41) is 12.4. The number of fused-ring (bicyclic) bond motifs is 3. The Balaban J connectivity index is 0.00000259. The zero-order chi connectivity index (χ0) is 21.9. The van der Waals surface area contributed by atoms with Gasteiger partial charge in [-0.1, -0.05) is 91.0 Å². The topological polar surface area (TPSA) is 29.5 Å². The fraction of sp³-hybridized carbons (Fsp3) is 0.379. The number of ether oxygens (including phenoxy) is 1. The van der Waals surface area contributed by atoms with Gasteiger partial charge in [-0.2, -0.15) is 0 Å². The second-order valence-corrected chi connectivity index (χ2v) is 9.75. The highest BCUT2D eigenvalue weighted by atomic mass is 79.9. The smallest absolute Gasteiger partial charge is 0.121 e. The Morgan fingerprint density at radius 1 is 0.727 bits per heavy atom. The van der Waals surface area contributed by atoms with E-state index < -0.39 is 5.60 Å². The second kappa shape index (κ2) is 10.1. The molecule has 3 fully saturated rings. The van der Waals surface area contributed by atoms with Gasteiger partial charge in [0.2, 0.25) is 0 Å². The van der Waals surface area contributed by atoms with Crippen LogP contribution in [0, 0.1) is 5.41 Å². The zero-order valence-electron chi connectivity index (χ0n) is 19.2. The number of nitrogens with zero attached hydrogens (tertiary/aromatic N) is 1. The molecule has 2 bridgehead atoms. The van der Waals surface area contributed by atoms with E-state index in [0.717, 1.165) is 67.7 Å². The fourth-order valence-electron chi connectivity index (χ4n) is 6.10. The van der Waals surface area contributed by atoms with Gasteiger partial charge in [-0.15, -0.1) is 17.0 Å². The molecule has 1 N–H and O–H groups in total. The lowest BCUT2D eigenvalue weighted by atomic mass is 9.56. The molecular weight excluding hydrogens is 474 g/mol. The third-order valence-corrected chi connectivity index (χ3v) is 8.17. The summed E-state index contributed by atoms with van der Waals surface area (Å²) in [5.41, 5.74) is 2.23. The molecule has 3 aliphatic heterocycles. The van der Waals surface area contributed by atoms with Crippen molar-refractivity contribution in [2.24, 2.45) is 5.41 Å². The summed E-state index contributed by atoms with van der Waals surface area (Å²) in [7, 11) is 0. The molecule has 4 heteroatoms. The monoisotopic (exact) mass is 508 g/mol. The summed E-state index contributed by atoms with van der Waals surface area (Å²) in [4.78, 5) is 0. The van der Waals surface area contributed by atoms with E-state index in [2.05, 4.69) is 72.8 Å². The van der Waals surface area contributed by atoms with Crippen LogP contribution in [0.15, 0.2) is 91.0 Å². The summed E-state index contributed by atoms with van der Waals surface area (Å²) in [6.07, 6.45) is 3.14. The average molecular weight is 510 g/mol. The van der Waals surface area contributed by atoms with E-state index in [1.807, 2.05) is 18.2 Å². The molecule has 0 aromatic heterocycles. The van der Waals surface area contributed by atoms with Gasteiger partial charge < -0.3 is 14.3 Å². The van der Waals surface area contributed by atoms with Crippen LogP contribution in [0.1, 0.15) is 36.0 Å². The third kappa shape index (κ3) is 4.54. The lowest BCUT2D eigenvalue weighted by Crippen LogP contribution is -2.67. The minimum absolute atomic E-state index is 0. The van der Waals surface area contributed by atoms with Crippen molar-refractivity contribution < 1.29 is 14.3 Å². The van der Waals surface area contributed by atoms with E-state index in [-0.39, 0.29) is 22.4 Å². The predicted molar refractivity (Wildman–Crippen MR) is 138 cm³/mol. The van der Waals surface area contributed by atoms with Crippen LogP contribution >= 0.6 is 17.0 Å². The number of benzene rings is 3. The number of hydrogen-bond donors (Lipinski definition) is 1. The Labute approximate surface area is 208 Å². The molecule has 0 saturated carbocycles. The first-order valence-electron chi connectivity index (χ1n) is 12.0. The third-order valence-electron chi connectivity index (χ3n) is 8.17. The molecule has 3 saturated heterocycles. The van der Waals surface area contributed by atoms with Crippen LogP contribution in [0.3, 0.4) is 0 Å². The minimum atomic E-state index is -0.949. The number of quaternary nitrogens is 1. The molecule has 3 heterocycles. The highest BCUT2D eigenvalue weighted by molar-refractivity contribution is 8.93. The molecule has 0 unspecified atom stereocenters. The Morgan fingerprint density at radius 3 is 1.67 bits per heavy atom. The number of halogens is 1. The van der Waals surface area contributed by atoms with Gasteiger partial charge in [0.05, 0.1) is 32.8 Å². The summed E-state index contributed by atoms with van der Waals surface area (Å²) in [6, 6.07) is 31.1. The Bertz CT molecular complexity index is 946. The van der Waals surface area contributed by atoms with Crippen molar-refractivity contribution in [2.75, 3.05) is 32.8 Å². The number of aliphatic hydroxyl groups is 1. The first-order chi connectivity index (χ1) is 15.7. The molecule has 0 radical (unpaired) electrons. The van der Waals surface area contributed by atoms with Crippen molar-refractivity contribution in [3.8, 4) is 0 Å². The standard InChI is InChI=1S/C29H34NO2.BrH/c31-29(26-12-6-2-7-13-26,27-14-8-3-9-15-27)28-16-19-30(20-17-28,21-18-28)22-23-32-24-25-10-4-1-5-11-25;/h1-15,31H,16-24H2;1H/q+1;. The zero-order valence-corrected chi connectivity index (χ0v) is 20.9.